The second kappa shape index (κ2) is 63.5. The Balaban J connectivity index is 5.10. The Bertz CT molecular complexity index is 1840. The molecular formula is C74H144O17P2. The molecular weight excluding hydrogens is 1220 g/mol. The first-order valence-electron chi connectivity index (χ1n) is 38.2. The molecule has 0 amide bonds. The van der Waals surface area contributed by atoms with Crippen LogP contribution in [0.5, 0.6) is 0 Å². The van der Waals surface area contributed by atoms with Gasteiger partial charge in [-0.1, -0.05) is 319 Å². The Hall–Kier alpha value is -1.94. The molecule has 17 nitrogen and oxygen atoms in total. The first kappa shape index (κ1) is 91.1. The fraction of sp³-hybridized carbons (Fsp3) is 0.946. The van der Waals surface area contributed by atoms with Crippen LogP contribution in [-0.4, -0.2) is 96.7 Å². The maximum Gasteiger partial charge on any atom is 0.472 e. The number of carbonyl (C=O) groups is 4. The summed E-state index contributed by atoms with van der Waals surface area (Å²) in [4.78, 5) is 72.6. The lowest BCUT2D eigenvalue weighted by molar-refractivity contribution is -0.161. The molecule has 0 rings (SSSR count). The van der Waals surface area contributed by atoms with Crippen LogP contribution in [-0.2, 0) is 65.4 Å². The van der Waals surface area contributed by atoms with Gasteiger partial charge >= 0.3 is 39.5 Å². The molecule has 0 aliphatic heterocycles. The lowest BCUT2D eigenvalue weighted by Gasteiger charge is -2.21. The van der Waals surface area contributed by atoms with Crippen LogP contribution in [0.25, 0.3) is 0 Å². The maximum absolute atomic E-state index is 13.0. The Morgan fingerprint density at radius 3 is 0.763 bits per heavy atom. The van der Waals surface area contributed by atoms with Crippen LogP contribution < -0.4 is 0 Å². The largest absolute Gasteiger partial charge is 0.472 e. The molecule has 93 heavy (non-hydrogen) atoms. The van der Waals surface area contributed by atoms with Crippen molar-refractivity contribution in [3.63, 3.8) is 0 Å². The number of hydrogen-bond acceptors (Lipinski definition) is 15. The first-order chi connectivity index (χ1) is 44.6. The van der Waals surface area contributed by atoms with Gasteiger partial charge in [0.15, 0.2) is 12.2 Å². The SMILES string of the molecule is CCC(C)CCCCCCCCCCCCCCCCCCCCC(=O)OC[C@H](COP(=O)(O)OCC(O)COP(=O)(O)OC[C@@H](COC(=O)CCCCCCCCCCC(C)C)OC(=O)CCCCCCCCCCC(C)C)OC(=O)CCCCCCCCC(C)C. The van der Waals surface area contributed by atoms with E-state index in [0.29, 0.717) is 31.6 Å². The van der Waals surface area contributed by atoms with E-state index < -0.39 is 97.5 Å². The van der Waals surface area contributed by atoms with E-state index in [9.17, 15) is 43.2 Å². The Kier molecular flexibility index (Phi) is 62.2. The minimum Gasteiger partial charge on any atom is -0.462 e. The standard InChI is InChI=1S/C74H144O17P2/c1-9-67(8)53-45-37-28-20-18-16-14-12-10-11-13-15-17-19-21-29-38-46-54-71(76)84-61-70(91-74(79)57-49-41-33-32-36-44-52-66(6)7)63-89-93(82,83)87-59-68(75)58-86-92(80,81)88-62-69(90-73(78)56-48-40-31-25-23-27-35-43-51-65(4)5)60-85-72(77)55-47-39-30-24-22-26-34-42-50-64(2)3/h64-70,75H,9-63H2,1-8H3,(H,80,81)(H,82,83)/t67?,68?,69-,70-/m1/s1. The molecule has 0 aliphatic rings. The maximum atomic E-state index is 13.0. The highest BCUT2D eigenvalue weighted by atomic mass is 31.2. The number of carbonyl (C=O) groups excluding carboxylic acids is 4. The van der Waals surface area contributed by atoms with Gasteiger partial charge in [-0.25, -0.2) is 9.13 Å². The number of unbranched alkanes of at least 4 members (excludes halogenated alkanes) is 36. The first-order valence-corrected chi connectivity index (χ1v) is 41.2. The number of aliphatic hydroxyl groups excluding tert-OH is 1. The van der Waals surface area contributed by atoms with Gasteiger partial charge in [-0.15, -0.1) is 0 Å². The second-order valence-corrected chi connectivity index (χ2v) is 31.3. The summed E-state index contributed by atoms with van der Waals surface area (Å²) >= 11 is 0. The Morgan fingerprint density at radius 2 is 0.516 bits per heavy atom. The molecule has 0 fully saturated rings. The van der Waals surface area contributed by atoms with Crippen molar-refractivity contribution in [2.45, 2.75) is 388 Å². The molecule has 0 saturated heterocycles. The lowest BCUT2D eigenvalue weighted by atomic mass is 9.99. The third-order valence-corrected chi connectivity index (χ3v) is 19.3. The zero-order valence-electron chi connectivity index (χ0n) is 60.9. The Morgan fingerprint density at radius 1 is 0.301 bits per heavy atom. The molecule has 0 aromatic rings. The summed E-state index contributed by atoms with van der Waals surface area (Å²) in [6.45, 7) is 14.1. The van der Waals surface area contributed by atoms with Crippen LogP contribution in [0.15, 0.2) is 0 Å². The molecule has 3 N–H and O–H groups in total. The quantitative estimate of drug-likeness (QED) is 0.0222. The van der Waals surface area contributed by atoms with Gasteiger partial charge in [0.2, 0.25) is 0 Å². The fourth-order valence-electron chi connectivity index (χ4n) is 11.2. The zero-order valence-corrected chi connectivity index (χ0v) is 62.7. The van der Waals surface area contributed by atoms with Crippen LogP contribution >= 0.6 is 15.6 Å². The highest BCUT2D eigenvalue weighted by molar-refractivity contribution is 7.47. The van der Waals surface area contributed by atoms with Crippen LogP contribution in [0.2, 0.25) is 0 Å². The summed E-state index contributed by atoms with van der Waals surface area (Å²) in [7, 11) is -9.90. The number of phosphoric ester groups is 2. The monoisotopic (exact) mass is 1370 g/mol. The molecule has 552 valence electrons. The summed E-state index contributed by atoms with van der Waals surface area (Å²) in [5, 5.41) is 10.6. The molecule has 4 unspecified atom stereocenters. The second-order valence-electron chi connectivity index (χ2n) is 28.4. The Labute approximate surface area is 568 Å². The molecule has 0 spiro atoms. The zero-order chi connectivity index (χ0) is 68.9. The van der Waals surface area contributed by atoms with Crippen molar-refractivity contribution in [2.24, 2.45) is 23.7 Å². The van der Waals surface area contributed by atoms with Crippen molar-refractivity contribution in [1.82, 2.24) is 0 Å². The van der Waals surface area contributed by atoms with Crippen LogP contribution in [0.1, 0.15) is 370 Å². The van der Waals surface area contributed by atoms with Crippen LogP contribution in [0, 0.1) is 23.7 Å². The topological polar surface area (TPSA) is 237 Å². The van der Waals surface area contributed by atoms with Crippen molar-refractivity contribution in [1.29, 1.82) is 0 Å². The predicted molar refractivity (Wildman–Crippen MR) is 377 cm³/mol. The minimum atomic E-state index is -4.95. The molecule has 0 aromatic heterocycles. The average Bonchev–Trinajstić information content (AvgIpc) is 1.75. The van der Waals surface area contributed by atoms with Crippen LogP contribution in [0.3, 0.4) is 0 Å². The van der Waals surface area contributed by atoms with E-state index in [0.717, 1.165) is 108 Å². The van der Waals surface area contributed by atoms with Crippen molar-refractivity contribution in [3.8, 4) is 0 Å². The van der Waals surface area contributed by atoms with Gasteiger partial charge in [-0.2, -0.15) is 0 Å². The van der Waals surface area contributed by atoms with E-state index in [1.54, 1.807) is 0 Å². The summed E-state index contributed by atoms with van der Waals surface area (Å²) in [6.07, 6.45) is 47.6. The van der Waals surface area contributed by atoms with Crippen molar-refractivity contribution in [3.05, 3.63) is 0 Å². The van der Waals surface area contributed by atoms with E-state index in [1.165, 1.54) is 173 Å². The van der Waals surface area contributed by atoms with E-state index in [4.69, 9.17) is 37.0 Å². The van der Waals surface area contributed by atoms with Crippen molar-refractivity contribution in [2.75, 3.05) is 39.6 Å². The third kappa shape index (κ3) is 67.0. The van der Waals surface area contributed by atoms with E-state index in [1.807, 2.05) is 0 Å². The highest BCUT2D eigenvalue weighted by Gasteiger charge is 2.30. The van der Waals surface area contributed by atoms with Gasteiger partial charge in [0, 0.05) is 25.7 Å². The molecule has 0 bridgehead atoms. The van der Waals surface area contributed by atoms with E-state index >= 15 is 0 Å². The molecule has 0 aromatic carbocycles. The number of hydrogen-bond donors (Lipinski definition) is 3. The summed E-state index contributed by atoms with van der Waals surface area (Å²) in [6, 6.07) is 0. The predicted octanol–water partition coefficient (Wildman–Crippen LogP) is 21.3. The average molecular weight is 1370 g/mol. The molecule has 0 radical (unpaired) electrons. The normalized spacial score (nSPS) is 14.5. The number of aliphatic hydroxyl groups is 1. The summed E-state index contributed by atoms with van der Waals surface area (Å²) in [5.74, 6) is 0.856. The van der Waals surface area contributed by atoms with Crippen molar-refractivity contribution >= 4 is 39.5 Å². The third-order valence-electron chi connectivity index (χ3n) is 17.4. The van der Waals surface area contributed by atoms with Gasteiger partial charge < -0.3 is 33.8 Å². The highest BCUT2D eigenvalue weighted by Crippen LogP contribution is 2.45. The van der Waals surface area contributed by atoms with Gasteiger partial charge in [-0.3, -0.25) is 37.3 Å². The fourth-order valence-corrected chi connectivity index (χ4v) is 12.7. The molecule has 0 saturated carbocycles. The van der Waals surface area contributed by atoms with E-state index in [-0.39, 0.29) is 25.7 Å². The molecule has 6 atom stereocenters. The molecule has 19 heteroatoms. The summed E-state index contributed by atoms with van der Waals surface area (Å²) < 4.78 is 68.3. The number of esters is 4. The van der Waals surface area contributed by atoms with Gasteiger partial charge in [0.25, 0.3) is 0 Å². The smallest absolute Gasteiger partial charge is 0.462 e. The molecule has 0 aliphatic carbocycles. The van der Waals surface area contributed by atoms with E-state index in [2.05, 4.69) is 55.4 Å². The minimum absolute atomic E-state index is 0.102. The number of phosphoric acid groups is 2. The molecule has 0 heterocycles. The van der Waals surface area contributed by atoms with Gasteiger partial charge in [0.1, 0.15) is 19.3 Å². The van der Waals surface area contributed by atoms with Gasteiger partial charge in [0.05, 0.1) is 26.4 Å². The number of rotatable bonds is 71. The lowest BCUT2D eigenvalue weighted by Crippen LogP contribution is -2.30. The number of ether oxygens (including phenoxy) is 4. The van der Waals surface area contributed by atoms with Gasteiger partial charge in [-0.05, 0) is 49.4 Å². The summed E-state index contributed by atoms with van der Waals surface area (Å²) in [5.41, 5.74) is 0. The van der Waals surface area contributed by atoms with Crippen LogP contribution in [0.4, 0.5) is 0 Å². The van der Waals surface area contributed by atoms with Crippen molar-refractivity contribution < 1.29 is 80.2 Å².